The Bertz CT molecular complexity index is 655. The molecule has 0 spiro atoms. The van der Waals surface area contributed by atoms with Crippen molar-refractivity contribution in [2.75, 3.05) is 13.6 Å². The number of thiazole rings is 1. The molecule has 0 atom stereocenters. The topological polar surface area (TPSA) is 45.2 Å². The number of amides is 2. The Labute approximate surface area is 128 Å². The molecule has 108 valence electrons. The van der Waals surface area contributed by atoms with Gasteiger partial charge in [0.2, 0.25) is 0 Å². The Hall–Kier alpha value is -2.32. The third kappa shape index (κ3) is 4.93. The number of rotatable bonds is 3. The highest BCUT2D eigenvalue weighted by Crippen LogP contribution is 2.13. The number of aromatic nitrogens is 1. The number of carbonyl (C=O) groups excluding carboxylic acids is 1. The molecule has 0 saturated heterocycles. The Morgan fingerprint density at radius 3 is 2.81 bits per heavy atom. The van der Waals surface area contributed by atoms with Crippen LogP contribution in [0.4, 0.5) is 4.79 Å². The van der Waals surface area contributed by atoms with Crippen LogP contribution in [0.1, 0.15) is 15.4 Å². The van der Waals surface area contributed by atoms with Gasteiger partial charge in [0, 0.05) is 23.7 Å². The molecule has 0 saturated carbocycles. The number of urea groups is 1. The van der Waals surface area contributed by atoms with Gasteiger partial charge in [0.1, 0.15) is 0 Å². The lowest BCUT2D eigenvalue weighted by Crippen LogP contribution is -2.36. The molecule has 0 unspecified atom stereocenters. The van der Waals surface area contributed by atoms with Crippen molar-refractivity contribution in [3.05, 3.63) is 52.0 Å². The number of benzene rings is 1. The van der Waals surface area contributed by atoms with E-state index < -0.39 is 0 Å². The molecule has 0 aliphatic carbocycles. The van der Waals surface area contributed by atoms with Crippen molar-refractivity contribution in [3.63, 3.8) is 0 Å². The molecule has 1 heterocycles. The van der Waals surface area contributed by atoms with Gasteiger partial charge in [-0.3, -0.25) is 0 Å². The minimum Gasteiger partial charge on any atom is -0.327 e. The average Bonchev–Trinajstić information content (AvgIpc) is 2.89. The second kappa shape index (κ2) is 7.46. The molecule has 1 aromatic carbocycles. The van der Waals surface area contributed by atoms with Gasteiger partial charge in [-0.25, -0.2) is 9.78 Å². The van der Waals surface area contributed by atoms with Crippen LogP contribution in [0.2, 0.25) is 0 Å². The predicted octanol–water partition coefficient (Wildman–Crippen LogP) is 2.64. The van der Waals surface area contributed by atoms with E-state index in [1.54, 1.807) is 29.5 Å². The summed E-state index contributed by atoms with van der Waals surface area (Å²) >= 11 is 1.60. The number of aryl methyl sites for hydroxylation is 1. The highest BCUT2D eigenvalue weighted by atomic mass is 32.1. The lowest BCUT2D eigenvalue weighted by molar-refractivity contribution is 0.208. The molecule has 21 heavy (non-hydrogen) atoms. The minimum atomic E-state index is -0.136. The van der Waals surface area contributed by atoms with Crippen LogP contribution >= 0.6 is 11.3 Å². The normalized spacial score (nSPS) is 9.62. The molecule has 0 bridgehead atoms. The Morgan fingerprint density at radius 1 is 1.38 bits per heavy atom. The first-order valence-electron chi connectivity index (χ1n) is 6.59. The summed E-state index contributed by atoms with van der Waals surface area (Å²) in [7, 11) is 1.76. The van der Waals surface area contributed by atoms with Crippen LogP contribution in [0, 0.1) is 18.8 Å². The van der Waals surface area contributed by atoms with Crippen LogP contribution in [-0.2, 0) is 6.54 Å². The van der Waals surface area contributed by atoms with Crippen molar-refractivity contribution < 1.29 is 4.79 Å². The zero-order valence-corrected chi connectivity index (χ0v) is 12.9. The van der Waals surface area contributed by atoms with Crippen LogP contribution in [0.3, 0.4) is 0 Å². The summed E-state index contributed by atoms with van der Waals surface area (Å²) in [6.07, 6.45) is 1.80. The molecular formula is C16H17N3OS. The summed E-state index contributed by atoms with van der Waals surface area (Å²) in [5.41, 5.74) is 0.945. The van der Waals surface area contributed by atoms with E-state index in [1.807, 2.05) is 37.3 Å². The molecule has 0 aliphatic rings. The van der Waals surface area contributed by atoms with E-state index in [1.165, 1.54) is 0 Å². The van der Waals surface area contributed by atoms with Crippen LogP contribution < -0.4 is 5.32 Å². The Kier molecular flexibility index (Phi) is 5.35. The van der Waals surface area contributed by atoms with Crippen molar-refractivity contribution in [2.24, 2.45) is 0 Å². The van der Waals surface area contributed by atoms with Gasteiger partial charge < -0.3 is 10.2 Å². The van der Waals surface area contributed by atoms with Crippen molar-refractivity contribution in [1.29, 1.82) is 0 Å². The maximum atomic E-state index is 11.9. The van der Waals surface area contributed by atoms with Crippen molar-refractivity contribution in [3.8, 4) is 11.8 Å². The van der Waals surface area contributed by atoms with Crippen molar-refractivity contribution in [2.45, 2.75) is 13.5 Å². The van der Waals surface area contributed by atoms with E-state index in [9.17, 15) is 4.79 Å². The highest BCUT2D eigenvalue weighted by molar-refractivity contribution is 7.11. The molecule has 4 nitrogen and oxygen atoms in total. The van der Waals surface area contributed by atoms with Gasteiger partial charge in [-0.15, -0.1) is 11.3 Å². The van der Waals surface area contributed by atoms with Crippen LogP contribution in [0.15, 0.2) is 36.5 Å². The Balaban J connectivity index is 1.78. The van der Waals surface area contributed by atoms with Crippen molar-refractivity contribution >= 4 is 17.4 Å². The average molecular weight is 299 g/mol. The van der Waals surface area contributed by atoms with Crippen molar-refractivity contribution in [1.82, 2.24) is 15.2 Å². The third-order valence-corrected chi connectivity index (χ3v) is 3.64. The lowest BCUT2D eigenvalue weighted by Gasteiger charge is -2.15. The van der Waals surface area contributed by atoms with Gasteiger partial charge in [0.15, 0.2) is 0 Å². The molecule has 0 fully saturated rings. The molecular weight excluding hydrogens is 282 g/mol. The molecule has 5 heteroatoms. The lowest BCUT2D eigenvalue weighted by atomic mass is 10.2. The molecule has 2 amide bonds. The quantitative estimate of drug-likeness (QED) is 0.886. The first kappa shape index (κ1) is 15.1. The zero-order chi connectivity index (χ0) is 15.1. The van der Waals surface area contributed by atoms with E-state index in [0.29, 0.717) is 13.1 Å². The number of hydrogen-bond acceptors (Lipinski definition) is 3. The van der Waals surface area contributed by atoms with Gasteiger partial charge in [-0.2, -0.15) is 0 Å². The molecule has 0 radical (unpaired) electrons. The van der Waals surface area contributed by atoms with Crippen LogP contribution in [0.5, 0.6) is 0 Å². The maximum absolute atomic E-state index is 11.9. The predicted molar refractivity (Wildman–Crippen MR) is 85.0 cm³/mol. The van der Waals surface area contributed by atoms with Gasteiger partial charge in [-0.1, -0.05) is 30.0 Å². The largest absolute Gasteiger partial charge is 0.327 e. The van der Waals surface area contributed by atoms with Gasteiger partial charge in [0.05, 0.1) is 18.1 Å². The van der Waals surface area contributed by atoms with Gasteiger partial charge >= 0.3 is 6.03 Å². The summed E-state index contributed by atoms with van der Waals surface area (Å²) in [5, 5.41) is 3.78. The molecule has 1 N–H and O–H groups in total. The summed E-state index contributed by atoms with van der Waals surface area (Å²) in [4.78, 5) is 18.8. The SMILES string of the molecule is Cc1ncc(CN(C)C(=O)NCC#Cc2ccccc2)s1. The van der Waals surface area contributed by atoms with E-state index in [0.717, 1.165) is 15.4 Å². The summed E-state index contributed by atoms with van der Waals surface area (Å²) < 4.78 is 0. The number of nitrogens with zero attached hydrogens (tertiary/aromatic N) is 2. The van der Waals surface area contributed by atoms with Gasteiger partial charge in [-0.05, 0) is 19.1 Å². The number of hydrogen-bond donors (Lipinski definition) is 1. The summed E-state index contributed by atoms with van der Waals surface area (Å²) in [6, 6.07) is 9.56. The third-order valence-electron chi connectivity index (χ3n) is 2.74. The monoisotopic (exact) mass is 299 g/mol. The van der Waals surface area contributed by atoms with Crippen LogP contribution in [0.25, 0.3) is 0 Å². The minimum absolute atomic E-state index is 0.136. The fourth-order valence-corrected chi connectivity index (χ4v) is 2.55. The molecule has 2 rings (SSSR count). The van der Waals surface area contributed by atoms with E-state index in [-0.39, 0.29) is 6.03 Å². The molecule has 2 aromatic rings. The maximum Gasteiger partial charge on any atom is 0.318 e. The zero-order valence-electron chi connectivity index (χ0n) is 12.1. The first-order valence-corrected chi connectivity index (χ1v) is 7.41. The van der Waals surface area contributed by atoms with Crippen LogP contribution in [-0.4, -0.2) is 29.5 Å². The van der Waals surface area contributed by atoms with E-state index in [2.05, 4.69) is 22.1 Å². The molecule has 1 aromatic heterocycles. The highest BCUT2D eigenvalue weighted by Gasteiger charge is 2.09. The Morgan fingerprint density at radius 2 is 2.14 bits per heavy atom. The summed E-state index contributed by atoms with van der Waals surface area (Å²) in [5.74, 6) is 5.94. The second-order valence-electron chi connectivity index (χ2n) is 4.53. The molecule has 0 aliphatic heterocycles. The van der Waals surface area contributed by atoms with E-state index in [4.69, 9.17) is 0 Å². The van der Waals surface area contributed by atoms with E-state index >= 15 is 0 Å². The fourth-order valence-electron chi connectivity index (χ4n) is 1.71. The first-order chi connectivity index (χ1) is 10.1. The summed E-state index contributed by atoms with van der Waals surface area (Å²) in [6.45, 7) is 2.84. The standard InChI is InChI=1S/C16H17N3OS/c1-13-18-11-15(21-13)12-19(2)16(20)17-10-6-9-14-7-4-3-5-8-14/h3-5,7-8,11H,10,12H2,1-2H3,(H,17,20). The second-order valence-corrected chi connectivity index (χ2v) is 5.85. The number of nitrogens with one attached hydrogen (secondary N) is 1. The van der Waals surface area contributed by atoms with Gasteiger partial charge in [0.25, 0.3) is 0 Å². The number of carbonyl (C=O) groups is 1. The smallest absolute Gasteiger partial charge is 0.318 e. The fraction of sp³-hybridized carbons (Fsp3) is 0.250.